The zero-order valence-electron chi connectivity index (χ0n) is 14.0. The van der Waals surface area contributed by atoms with Crippen molar-refractivity contribution in [2.75, 3.05) is 46.8 Å². The van der Waals surface area contributed by atoms with Crippen LogP contribution in [-0.4, -0.2) is 78.5 Å². The fourth-order valence-electron chi connectivity index (χ4n) is 3.05. The number of likely N-dealkylation sites (tertiary alicyclic amines) is 1. The summed E-state index contributed by atoms with van der Waals surface area (Å²) in [5.41, 5.74) is 0.731. The number of nitrogens with zero attached hydrogens (tertiary/aromatic N) is 4. The number of hydrogen-bond donors (Lipinski definition) is 0. The molecule has 0 saturated carbocycles. The van der Waals surface area contributed by atoms with Crippen LogP contribution >= 0.6 is 0 Å². The van der Waals surface area contributed by atoms with Gasteiger partial charge in [-0.25, -0.2) is 0 Å². The first-order chi connectivity index (χ1) is 10.6. The minimum Gasteiger partial charge on any atom is -0.336 e. The molecule has 1 atom stereocenters. The zero-order valence-corrected chi connectivity index (χ0v) is 14.0. The minimum atomic E-state index is 0.118. The molecule has 1 aromatic heterocycles. The van der Waals surface area contributed by atoms with Crippen molar-refractivity contribution in [2.45, 2.75) is 25.8 Å². The van der Waals surface area contributed by atoms with Crippen LogP contribution in [0.3, 0.4) is 0 Å². The SMILES string of the molecule is CCN1CCC[C@@H]1CN(CCN(C)C)C(=O)c1ccncc1. The largest absolute Gasteiger partial charge is 0.336 e. The lowest BCUT2D eigenvalue weighted by atomic mass is 10.1. The highest BCUT2D eigenvalue weighted by atomic mass is 16.2. The highest BCUT2D eigenvalue weighted by molar-refractivity contribution is 5.94. The van der Waals surface area contributed by atoms with E-state index in [4.69, 9.17) is 0 Å². The van der Waals surface area contributed by atoms with E-state index >= 15 is 0 Å². The van der Waals surface area contributed by atoms with Crippen molar-refractivity contribution in [1.29, 1.82) is 0 Å². The summed E-state index contributed by atoms with van der Waals surface area (Å²) in [6.07, 6.45) is 5.80. The molecular formula is C17H28N4O. The van der Waals surface area contributed by atoms with Crippen molar-refractivity contribution in [3.63, 3.8) is 0 Å². The molecule has 0 aromatic carbocycles. The molecule has 2 heterocycles. The molecule has 5 nitrogen and oxygen atoms in total. The van der Waals surface area contributed by atoms with E-state index in [1.807, 2.05) is 19.0 Å². The Morgan fingerprint density at radius 3 is 2.68 bits per heavy atom. The second-order valence-corrected chi connectivity index (χ2v) is 6.21. The number of carbonyl (C=O) groups is 1. The molecule has 0 radical (unpaired) electrons. The number of amides is 1. The molecule has 1 aliphatic heterocycles. The van der Waals surface area contributed by atoms with E-state index in [1.54, 1.807) is 24.5 Å². The van der Waals surface area contributed by atoms with Gasteiger partial charge in [0, 0.05) is 43.6 Å². The van der Waals surface area contributed by atoms with E-state index < -0.39 is 0 Å². The van der Waals surface area contributed by atoms with E-state index in [0.29, 0.717) is 6.04 Å². The molecular weight excluding hydrogens is 276 g/mol. The van der Waals surface area contributed by atoms with Gasteiger partial charge in [0.2, 0.25) is 0 Å². The van der Waals surface area contributed by atoms with E-state index in [1.165, 1.54) is 12.8 Å². The van der Waals surface area contributed by atoms with Gasteiger partial charge in [-0.15, -0.1) is 0 Å². The van der Waals surface area contributed by atoms with Gasteiger partial charge in [-0.1, -0.05) is 6.92 Å². The van der Waals surface area contributed by atoms with E-state index in [-0.39, 0.29) is 5.91 Å². The summed E-state index contributed by atoms with van der Waals surface area (Å²) in [5, 5.41) is 0. The summed E-state index contributed by atoms with van der Waals surface area (Å²) in [6, 6.07) is 4.10. The summed E-state index contributed by atoms with van der Waals surface area (Å²) in [7, 11) is 4.09. The predicted octanol–water partition coefficient (Wildman–Crippen LogP) is 1.57. The predicted molar refractivity (Wildman–Crippen MR) is 89.0 cm³/mol. The molecule has 1 amide bonds. The van der Waals surface area contributed by atoms with Crippen LogP contribution in [-0.2, 0) is 0 Å². The summed E-state index contributed by atoms with van der Waals surface area (Å²) in [4.78, 5) is 23.4. The highest BCUT2D eigenvalue weighted by Gasteiger charge is 2.27. The Bertz CT molecular complexity index is 463. The van der Waals surface area contributed by atoms with Crippen LogP contribution in [0.25, 0.3) is 0 Å². The summed E-state index contributed by atoms with van der Waals surface area (Å²) in [5.74, 6) is 0.118. The minimum absolute atomic E-state index is 0.118. The smallest absolute Gasteiger partial charge is 0.254 e. The normalized spacial score (nSPS) is 18.8. The van der Waals surface area contributed by atoms with Crippen LogP contribution in [0.15, 0.2) is 24.5 Å². The van der Waals surface area contributed by atoms with Crippen LogP contribution in [0.4, 0.5) is 0 Å². The third-order valence-electron chi connectivity index (χ3n) is 4.37. The molecule has 1 fully saturated rings. The second kappa shape index (κ2) is 8.25. The molecule has 122 valence electrons. The molecule has 0 aliphatic carbocycles. The third-order valence-corrected chi connectivity index (χ3v) is 4.37. The maximum Gasteiger partial charge on any atom is 0.254 e. The number of hydrogen-bond acceptors (Lipinski definition) is 4. The van der Waals surface area contributed by atoms with Gasteiger partial charge < -0.3 is 9.80 Å². The van der Waals surface area contributed by atoms with E-state index in [0.717, 1.165) is 38.3 Å². The summed E-state index contributed by atoms with van der Waals surface area (Å²) < 4.78 is 0. The van der Waals surface area contributed by atoms with E-state index in [2.05, 4.69) is 21.7 Å². The Morgan fingerprint density at radius 2 is 2.05 bits per heavy atom. The highest BCUT2D eigenvalue weighted by Crippen LogP contribution is 2.18. The lowest BCUT2D eigenvalue weighted by molar-refractivity contribution is 0.0694. The van der Waals surface area contributed by atoms with Crippen LogP contribution in [0, 0.1) is 0 Å². The van der Waals surface area contributed by atoms with Crippen molar-refractivity contribution in [1.82, 2.24) is 19.7 Å². The Labute approximate surface area is 133 Å². The topological polar surface area (TPSA) is 39.7 Å². The average Bonchev–Trinajstić information content (AvgIpc) is 2.98. The molecule has 0 spiro atoms. The molecule has 1 aliphatic rings. The maximum atomic E-state index is 12.8. The van der Waals surface area contributed by atoms with Gasteiger partial charge in [-0.3, -0.25) is 14.7 Å². The quantitative estimate of drug-likeness (QED) is 0.766. The Balaban J connectivity index is 2.06. The first-order valence-electron chi connectivity index (χ1n) is 8.20. The number of pyridine rings is 1. The Hall–Kier alpha value is -1.46. The molecule has 0 unspecified atom stereocenters. The number of aromatic nitrogens is 1. The maximum absolute atomic E-state index is 12.8. The fraction of sp³-hybridized carbons (Fsp3) is 0.647. The molecule has 1 aromatic rings. The number of likely N-dealkylation sites (N-methyl/N-ethyl adjacent to an activating group) is 2. The van der Waals surface area contributed by atoms with Gasteiger partial charge in [0.25, 0.3) is 5.91 Å². The average molecular weight is 304 g/mol. The van der Waals surface area contributed by atoms with Crippen molar-refractivity contribution in [3.05, 3.63) is 30.1 Å². The van der Waals surface area contributed by atoms with Crippen LogP contribution in [0.2, 0.25) is 0 Å². The Morgan fingerprint density at radius 1 is 1.32 bits per heavy atom. The number of carbonyl (C=O) groups excluding carboxylic acids is 1. The van der Waals surface area contributed by atoms with Crippen LogP contribution < -0.4 is 0 Å². The Kier molecular flexibility index (Phi) is 6.34. The lowest BCUT2D eigenvalue weighted by Gasteiger charge is -2.31. The molecule has 2 rings (SSSR count). The van der Waals surface area contributed by atoms with Gasteiger partial charge >= 0.3 is 0 Å². The van der Waals surface area contributed by atoms with Crippen molar-refractivity contribution < 1.29 is 4.79 Å². The van der Waals surface area contributed by atoms with Gasteiger partial charge in [0.1, 0.15) is 0 Å². The zero-order chi connectivity index (χ0) is 15.9. The second-order valence-electron chi connectivity index (χ2n) is 6.21. The van der Waals surface area contributed by atoms with Crippen molar-refractivity contribution in [3.8, 4) is 0 Å². The molecule has 0 N–H and O–H groups in total. The first-order valence-corrected chi connectivity index (χ1v) is 8.20. The lowest BCUT2D eigenvalue weighted by Crippen LogP contribution is -2.45. The fourth-order valence-corrected chi connectivity index (χ4v) is 3.05. The van der Waals surface area contributed by atoms with Crippen molar-refractivity contribution in [2.24, 2.45) is 0 Å². The standard InChI is InChI=1S/C17H28N4O/c1-4-20-11-5-6-16(20)14-21(13-12-19(2)3)17(22)15-7-9-18-10-8-15/h7-10,16H,4-6,11-14H2,1-3H3/t16-/m1/s1. The molecule has 0 bridgehead atoms. The summed E-state index contributed by atoms with van der Waals surface area (Å²) in [6.45, 7) is 6.90. The first kappa shape index (κ1) is 16.9. The third kappa shape index (κ3) is 4.52. The molecule has 5 heteroatoms. The summed E-state index contributed by atoms with van der Waals surface area (Å²) >= 11 is 0. The van der Waals surface area contributed by atoms with Gasteiger partial charge in [0.15, 0.2) is 0 Å². The van der Waals surface area contributed by atoms with Crippen molar-refractivity contribution >= 4 is 5.91 Å². The molecule has 1 saturated heterocycles. The number of rotatable bonds is 7. The van der Waals surface area contributed by atoms with Gasteiger partial charge in [0.05, 0.1) is 0 Å². The monoisotopic (exact) mass is 304 g/mol. The molecule has 22 heavy (non-hydrogen) atoms. The van der Waals surface area contributed by atoms with Crippen LogP contribution in [0.5, 0.6) is 0 Å². The van der Waals surface area contributed by atoms with Crippen LogP contribution in [0.1, 0.15) is 30.1 Å². The van der Waals surface area contributed by atoms with Gasteiger partial charge in [-0.2, -0.15) is 0 Å². The van der Waals surface area contributed by atoms with E-state index in [9.17, 15) is 4.79 Å². The van der Waals surface area contributed by atoms with Gasteiger partial charge in [-0.05, 0) is 52.2 Å².